The third kappa shape index (κ3) is 2.70. The molecular formula is C13H18N4O2S. The molecule has 20 heavy (non-hydrogen) atoms. The fourth-order valence-corrected chi connectivity index (χ4v) is 4.04. The molecule has 1 saturated heterocycles. The van der Waals surface area contributed by atoms with Crippen molar-refractivity contribution in [3.05, 3.63) is 24.5 Å². The quantitative estimate of drug-likeness (QED) is 0.787. The van der Waals surface area contributed by atoms with Gasteiger partial charge >= 0.3 is 0 Å². The van der Waals surface area contributed by atoms with Gasteiger partial charge in [-0.1, -0.05) is 0 Å². The average molecular weight is 294 g/mol. The lowest BCUT2D eigenvalue weighted by molar-refractivity contribution is 0.518. The van der Waals surface area contributed by atoms with E-state index in [-0.39, 0.29) is 10.9 Å². The molecule has 1 aliphatic rings. The fraction of sp³-hybridized carbons (Fsp3) is 0.462. The summed E-state index contributed by atoms with van der Waals surface area (Å²) in [7, 11) is -3.51. The van der Waals surface area contributed by atoms with Crippen molar-refractivity contribution in [2.24, 2.45) is 0 Å². The van der Waals surface area contributed by atoms with Crippen LogP contribution in [0.5, 0.6) is 0 Å². The minimum atomic E-state index is -3.51. The van der Waals surface area contributed by atoms with E-state index in [1.807, 2.05) is 0 Å². The van der Waals surface area contributed by atoms with Gasteiger partial charge in [-0.15, -0.1) is 0 Å². The van der Waals surface area contributed by atoms with Gasteiger partial charge in [0.25, 0.3) is 0 Å². The molecule has 2 aromatic heterocycles. The smallest absolute Gasteiger partial charge is 0.243 e. The molecule has 108 valence electrons. The van der Waals surface area contributed by atoms with Crippen LogP contribution in [0.2, 0.25) is 0 Å². The third-order valence-corrected chi connectivity index (χ3v) is 5.16. The van der Waals surface area contributed by atoms with Crippen LogP contribution in [-0.2, 0) is 10.0 Å². The van der Waals surface area contributed by atoms with Crippen LogP contribution in [-0.4, -0.2) is 37.5 Å². The van der Waals surface area contributed by atoms with E-state index in [9.17, 15) is 8.42 Å². The summed E-state index contributed by atoms with van der Waals surface area (Å²) in [5.74, 6) is 0. The zero-order valence-electron chi connectivity index (χ0n) is 11.1. The molecule has 1 atom stereocenters. The van der Waals surface area contributed by atoms with Crippen molar-refractivity contribution >= 4 is 21.1 Å². The van der Waals surface area contributed by atoms with Gasteiger partial charge in [0, 0.05) is 23.8 Å². The van der Waals surface area contributed by atoms with Gasteiger partial charge in [0.1, 0.15) is 10.5 Å². The van der Waals surface area contributed by atoms with Crippen LogP contribution in [0.3, 0.4) is 0 Å². The van der Waals surface area contributed by atoms with Crippen LogP contribution in [0, 0.1) is 0 Å². The molecule has 3 rings (SSSR count). The maximum atomic E-state index is 12.5. The highest BCUT2D eigenvalue weighted by atomic mass is 32.2. The summed E-state index contributed by atoms with van der Waals surface area (Å²) < 4.78 is 27.8. The van der Waals surface area contributed by atoms with Gasteiger partial charge in [-0.05, 0) is 44.5 Å². The lowest BCUT2D eigenvalue weighted by Gasteiger charge is -2.15. The summed E-state index contributed by atoms with van der Waals surface area (Å²) in [5, 5.41) is 3.91. The summed E-state index contributed by atoms with van der Waals surface area (Å²) in [5.41, 5.74) is 0.593. The zero-order chi connectivity index (χ0) is 14.0. The van der Waals surface area contributed by atoms with Gasteiger partial charge in [0.2, 0.25) is 10.0 Å². The molecule has 6 nitrogen and oxygen atoms in total. The van der Waals surface area contributed by atoms with Gasteiger partial charge in [-0.25, -0.2) is 18.1 Å². The first-order valence-electron chi connectivity index (χ1n) is 6.82. The highest BCUT2D eigenvalue weighted by Crippen LogP contribution is 2.21. The number of pyridine rings is 1. The first-order chi connectivity index (χ1) is 9.67. The van der Waals surface area contributed by atoms with E-state index in [4.69, 9.17) is 0 Å². The number of H-pyrrole nitrogens is 1. The van der Waals surface area contributed by atoms with E-state index in [0.29, 0.717) is 11.0 Å². The molecule has 0 spiro atoms. The Morgan fingerprint density at radius 1 is 1.30 bits per heavy atom. The van der Waals surface area contributed by atoms with Gasteiger partial charge in [0.05, 0.1) is 0 Å². The standard InChI is InChI=1S/C13H18N4O2S/c18-20(19,17-10-3-1-6-14-8-5-10)12-9-16-13-11(12)4-2-7-15-13/h2,4,7,9-10,14,17H,1,3,5-6,8H2,(H,15,16). The van der Waals surface area contributed by atoms with Crippen molar-refractivity contribution in [1.29, 1.82) is 0 Å². The van der Waals surface area contributed by atoms with Crippen LogP contribution >= 0.6 is 0 Å². The lowest BCUT2D eigenvalue weighted by Crippen LogP contribution is -2.35. The Bertz CT molecular complexity index is 687. The molecule has 0 saturated carbocycles. The third-order valence-electron chi connectivity index (χ3n) is 3.60. The Morgan fingerprint density at radius 2 is 2.20 bits per heavy atom. The van der Waals surface area contributed by atoms with Crippen molar-refractivity contribution in [3.8, 4) is 0 Å². The minimum Gasteiger partial charge on any atom is -0.345 e. The number of aromatic amines is 1. The van der Waals surface area contributed by atoms with Crippen molar-refractivity contribution in [2.45, 2.75) is 30.2 Å². The largest absolute Gasteiger partial charge is 0.345 e. The average Bonchev–Trinajstić information content (AvgIpc) is 2.72. The topological polar surface area (TPSA) is 86.9 Å². The number of hydrogen-bond donors (Lipinski definition) is 3. The molecule has 2 aromatic rings. The number of hydrogen-bond acceptors (Lipinski definition) is 4. The molecule has 0 aliphatic carbocycles. The number of nitrogens with zero attached hydrogens (tertiary/aromatic N) is 1. The Kier molecular flexibility index (Phi) is 3.73. The highest BCUT2D eigenvalue weighted by Gasteiger charge is 2.23. The normalized spacial score (nSPS) is 20.9. The summed E-state index contributed by atoms with van der Waals surface area (Å²) in [6, 6.07) is 3.50. The van der Waals surface area contributed by atoms with Gasteiger partial charge in [-0.3, -0.25) is 0 Å². The second-order valence-corrected chi connectivity index (χ2v) is 6.73. The molecule has 1 aliphatic heterocycles. The van der Waals surface area contributed by atoms with E-state index in [1.54, 1.807) is 18.3 Å². The SMILES string of the molecule is O=S(=O)(NC1CCCNCC1)c1c[nH]c2ncccc12. The van der Waals surface area contributed by atoms with Gasteiger partial charge < -0.3 is 10.3 Å². The van der Waals surface area contributed by atoms with Gasteiger partial charge in [-0.2, -0.15) is 0 Å². The maximum Gasteiger partial charge on any atom is 0.243 e. The van der Waals surface area contributed by atoms with E-state index < -0.39 is 10.0 Å². The van der Waals surface area contributed by atoms with Gasteiger partial charge in [0.15, 0.2) is 0 Å². The summed E-state index contributed by atoms with van der Waals surface area (Å²) in [6.45, 7) is 1.80. The summed E-state index contributed by atoms with van der Waals surface area (Å²) in [6.07, 6.45) is 5.82. The zero-order valence-corrected chi connectivity index (χ0v) is 11.9. The Labute approximate surface area is 118 Å². The molecule has 1 fully saturated rings. The Morgan fingerprint density at radius 3 is 3.10 bits per heavy atom. The predicted molar refractivity (Wildman–Crippen MR) is 76.9 cm³/mol. The maximum absolute atomic E-state index is 12.5. The predicted octanol–water partition coefficient (Wildman–Crippen LogP) is 0.983. The number of nitrogens with one attached hydrogen (secondary N) is 3. The van der Waals surface area contributed by atoms with Crippen LogP contribution in [0.4, 0.5) is 0 Å². The molecule has 0 amide bonds. The molecule has 0 aromatic carbocycles. The van der Waals surface area contributed by atoms with Crippen molar-refractivity contribution < 1.29 is 8.42 Å². The first kappa shape index (κ1) is 13.5. The monoisotopic (exact) mass is 294 g/mol. The van der Waals surface area contributed by atoms with E-state index in [0.717, 1.165) is 32.4 Å². The van der Waals surface area contributed by atoms with Crippen LogP contribution < -0.4 is 10.0 Å². The van der Waals surface area contributed by atoms with Crippen molar-refractivity contribution in [1.82, 2.24) is 20.0 Å². The minimum absolute atomic E-state index is 0.00313. The van der Waals surface area contributed by atoms with Crippen molar-refractivity contribution in [2.75, 3.05) is 13.1 Å². The lowest BCUT2D eigenvalue weighted by atomic mass is 10.1. The second kappa shape index (κ2) is 5.51. The van der Waals surface area contributed by atoms with Crippen LogP contribution in [0.1, 0.15) is 19.3 Å². The fourth-order valence-electron chi connectivity index (χ4n) is 2.57. The van der Waals surface area contributed by atoms with E-state index >= 15 is 0 Å². The van der Waals surface area contributed by atoms with E-state index in [2.05, 4.69) is 20.0 Å². The number of rotatable bonds is 3. The summed E-state index contributed by atoms with van der Waals surface area (Å²) in [4.78, 5) is 7.30. The molecule has 7 heteroatoms. The highest BCUT2D eigenvalue weighted by molar-refractivity contribution is 7.89. The molecule has 1 unspecified atom stereocenters. The van der Waals surface area contributed by atoms with Crippen molar-refractivity contribution in [3.63, 3.8) is 0 Å². The molecule has 0 radical (unpaired) electrons. The van der Waals surface area contributed by atoms with Crippen LogP contribution in [0.15, 0.2) is 29.4 Å². The Balaban J connectivity index is 1.87. The summed E-state index contributed by atoms with van der Waals surface area (Å²) >= 11 is 0. The number of fused-ring (bicyclic) bond motifs is 1. The molecule has 0 bridgehead atoms. The number of sulfonamides is 1. The number of aromatic nitrogens is 2. The molecular weight excluding hydrogens is 276 g/mol. The van der Waals surface area contributed by atoms with E-state index in [1.165, 1.54) is 6.20 Å². The Hall–Kier alpha value is -1.44. The second-order valence-electron chi connectivity index (χ2n) is 5.05. The molecule has 3 heterocycles. The first-order valence-corrected chi connectivity index (χ1v) is 8.30. The molecule has 3 N–H and O–H groups in total. The van der Waals surface area contributed by atoms with Crippen LogP contribution in [0.25, 0.3) is 11.0 Å².